The molecular formula is C27H25N5O2S. The molecule has 0 radical (unpaired) electrons. The summed E-state index contributed by atoms with van der Waals surface area (Å²) in [4.78, 5) is 22.7. The van der Waals surface area contributed by atoms with Crippen molar-refractivity contribution >= 4 is 23.3 Å². The number of aromatic nitrogens is 3. The Hall–Kier alpha value is -4.04. The summed E-state index contributed by atoms with van der Waals surface area (Å²) in [5.74, 6) is -0.947. The predicted octanol–water partition coefficient (Wildman–Crippen LogP) is 4.76. The number of hydrogen-bond donors (Lipinski definition) is 2. The zero-order valence-corrected chi connectivity index (χ0v) is 20.2. The second-order valence-corrected chi connectivity index (χ2v) is 9.02. The van der Waals surface area contributed by atoms with Crippen LogP contribution < -0.4 is 5.32 Å². The molecule has 5 rings (SSSR count). The van der Waals surface area contributed by atoms with Crippen LogP contribution >= 0.6 is 12.2 Å². The normalized spacial score (nSPS) is 17.4. The van der Waals surface area contributed by atoms with Crippen LogP contribution in [-0.2, 0) is 6.54 Å². The summed E-state index contributed by atoms with van der Waals surface area (Å²) in [5.41, 5.74) is 6.18. The van der Waals surface area contributed by atoms with Crippen LogP contribution in [0.5, 0.6) is 0 Å². The van der Waals surface area contributed by atoms with E-state index in [2.05, 4.69) is 37.7 Å². The van der Waals surface area contributed by atoms with Gasteiger partial charge in [0.2, 0.25) is 0 Å². The monoisotopic (exact) mass is 483 g/mol. The third-order valence-corrected chi connectivity index (χ3v) is 6.77. The van der Waals surface area contributed by atoms with Gasteiger partial charge < -0.3 is 19.9 Å². The molecular weight excluding hydrogens is 458 g/mol. The number of carboxylic acid groups (broad SMARTS) is 1. The lowest BCUT2D eigenvalue weighted by molar-refractivity contribution is 0.0697. The van der Waals surface area contributed by atoms with Crippen LogP contribution in [0.1, 0.15) is 50.7 Å². The van der Waals surface area contributed by atoms with Crippen molar-refractivity contribution in [3.8, 4) is 5.69 Å². The average molecular weight is 484 g/mol. The molecule has 4 heterocycles. The average Bonchev–Trinajstić information content (AvgIpc) is 3.35. The first-order valence-corrected chi connectivity index (χ1v) is 11.7. The summed E-state index contributed by atoms with van der Waals surface area (Å²) in [6, 6.07) is 18.8. The van der Waals surface area contributed by atoms with E-state index in [9.17, 15) is 9.90 Å². The van der Waals surface area contributed by atoms with E-state index in [0.29, 0.717) is 11.7 Å². The molecule has 0 unspecified atom stereocenters. The second kappa shape index (κ2) is 9.31. The second-order valence-electron chi connectivity index (χ2n) is 8.63. The summed E-state index contributed by atoms with van der Waals surface area (Å²) in [6.07, 6.45) is 5.41. The zero-order chi connectivity index (χ0) is 24.5. The Balaban J connectivity index is 1.62. The molecule has 0 amide bonds. The maximum absolute atomic E-state index is 11.6. The number of nitrogens with one attached hydrogen (secondary N) is 1. The summed E-state index contributed by atoms with van der Waals surface area (Å²) in [5, 5.41) is 13.6. The number of thiocarbonyl (C=S) groups is 1. The van der Waals surface area contributed by atoms with E-state index >= 15 is 0 Å². The number of rotatable bonds is 6. The summed E-state index contributed by atoms with van der Waals surface area (Å²) >= 11 is 5.81. The molecule has 1 aromatic carbocycles. The van der Waals surface area contributed by atoms with Gasteiger partial charge in [0.05, 0.1) is 23.3 Å². The van der Waals surface area contributed by atoms with E-state index in [0.717, 1.165) is 33.9 Å². The number of benzene rings is 1. The molecule has 4 aromatic rings. The van der Waals surface area contributed by atoms with Crippen molar-refractivity contribution in [2.45, 2.75) is 32.5 Å². The van der Waals surface area contributed by atoms with E-state index in [-0.39, 0.29) is 17.6 Å². The molecule has 8 heteroatoms. The molecule has 2 N–H and O–H groups in total. The van der Waals surface area contributed by atoms with Gasteiger partial charge in [0.15, 0.2) is 5.11 Å². The predicted molar refractivity (Wildman–Crippen MR) is 137 cm³/mol. The quantitative estimate of drug-likeness (QED) is 0.383. The van der Waals surface area contributed by atoms with Crippen molar-refractivity contribution in [1.29, 1.82) is 0 Å². The van der Waals surface area contributed by atoms with Crippen molar-refractivity contribution in [3.63, 3.8) is 0 Å². The molecule has 0 bridgehead atoms. The topological polar surface area (TPSA) is 83.3 Å². The Labute approximate surface area is 209 Å². The molecule has 176 valence electrons. The first-order chi connectivity index (χ1) is 16.9. The van der Waals surface area contributed by atoms with Gasteiger partial charge in [0.1, 0.15) is 0 Å². The highest BCUT2D eigenvalue weighted by Crippen LogP contribution is 2.42. The van der Waals surface area contributed by atoms with Gasteiger partial charge in [-0.2, -0.15) is 0 Å². The van der Waals surface area contributed by atoms with Gasteiger partial charge in [0, 0.05) is 42.2 Å². The van der Waals surface area contributed by atoms with Crippen LogP contribution in [-0.4, -0.2) is 35.6 Å². The SMILES string of the molecule is Cc1cc([C@H]2[C@H](c3ccccn3)NC(=S)N2Cc2cccnc2)c(C)n1-c1cccc(C(=O)O)c1. The van der Waals surface area contributed by atoms with Gasteiger partial charge in [-0.05, 0) is 79.7 Å². The van der Waals surface area contributed by atoms with Gasteiger partial charge in [0.25, 0.3) is 0 Å². The number of carboxylic acids is 1. The number of hydrogen-bond acceptors (Lipinski definition) is 4. The molecule has 1 aliphatic heterocycles. The third kappa shape index (κ3) is 4.28. The van der Waals surface area contributed by atoms with Crippen LogP contribution in [0.4, 0.5) is 0 Å². The van der Waals surface area contributed by atoms with Crippen LogP contribution in [0.2, 0.25) is 0 Å². The van der Waals surface area contributed by atoms with Crippen molar-refractivity contribution < 1.29 is 9.90 Å². The molecule has 1 fully saturated rings. The highest BCUT2D eigenvalue weighted by Gasteiger charge is 2.41. The lowest BCUT2D eigenvalue weighted by atomic mass is 9.96. The Morgan fingerprint density at radius 1 is 1.09 bits per heavy atom. The molecule has 0 spiro atoms. The first kappa shape index (κ1) is 22.7. The van der Waals surface area contributed by atoms with Crippen molar-refractivity contribution in [2.24, 2.45) is 0 Å². The van der Waals surface area contributed by atoms with Crippen LogP contribution in [0.3, 0.4) is 0 Å². The maximum Gasteiger partial charge on any atom is 0.335 e. The lowest BCUT2D eigenvalue weighted by Gasteiger charge is -2.28. The number of aromatic carboxylic acids is 1. The van der Waals surface area contributed by atoms with Gasteiger partial charge in [-0.15, -0.1) is 0 Å². The minimum absolute atomic E-state index is 0.111. The smallest absolute Gasteiger partial charge is 0.335 e. The van der Waals surface area contributed by atoms with E-state index in [1.54, 1.807) is 30.6 Å². The van der Waals surface area contributed by atoms with E-state index < -0.39 is 5.97 Å². The fourth-order valence-corrected chi connectivity index (χ4v) is 5.17. The molecule has 1 aliphatic rings. The number of carbonyl (C=O) groups is 1. The molecule has 35 heavy (non-hydrogen) atoms. The molecule has 3 aromatic heterocycles. The summed E-state index contributed by atoms with van der Waals surface area (Å²) in [7, 11) is 0. The third-order valence-electron chi connectivity index (χ3n) is 6.41. The van der Waals surface area contributed by atoms with Gasteiger partial charge in [-0.25, -0.2) is 4.79 Å². The Kier molecular flexibility index (Phi) is 6.05. The molecule has 1 saturated heterocycles. The van der Waals surface area contributed by atoms with Crippen LogP contribution in [0, 0.1) is 13.8 Å². The van der Waals surface area contributed by atoms with E-state index in [4.69, 9.17) is 12.2 Å². The van der Waals surface area contributed by atoms with Crippen LogP contribution in [0.15, 0.2) is 79.3 Å². The summed E-state index contributed by atoms with van der Waals surface area (Å²) < 4.78 is 2.10. The minimum atomic E-state index is -0.947. The highest BCUT2D eigenvalue weighted by molar-refractivity contribution is 7.80. The Morgan fingerprint density at radius 2 is 1.94 bits per heavy atom. The highest BCUT2D eigenvalue weighted by atomic mass is 32.1. The Bertz CT molecular complexity index is 1390. The largest absolute Gasteiger partial charge is 0.478 e. The fourth-order valence-electron chi connectivity index (χ4n) is 4.87. The number of aryl methyl sites for hydroxylation is 1. The number of nitrogens with zero attached hydrogens (tertiary/aromatic N) is 4. The Morgan fingerprint density at radius 3 is 2.66 bits per heavy atom. The van der Waals surface area contributed by atoms with E-state index in [1.807, 2.05) is 49.5 Å². The molecule has 7 nitrogen and oxygen atoms in total. The maximum atomic E-state index is 11.6. The van der Waals surface area contributed by atoms with Gasteiger partial charge >= 0.3 is 5.97 Å². The van der Waals surface area contributed by atoms with E-state index in [1.165, 1.54) is 0 Å². The molecule has 0 saturated carbocycles. The zero-order valence-electron chi connectivity index (χ0n) is 19.4. The molecule has 2 atom stereocenters. The fraction of sp³-hybridized carbons (Fsp3) is 0.185. The lowest BCUT2D eigenvalue weighted by Crippen LogP contribution is -2.29. The summed E-state index contributed by atoms with van der Waals surface area (Å²) in [6.45, 7) is 4.70. The van der Waals surface area contributed by atoms with Crippen molar-refractivity contribution in [1.82, 2.24) is 24.8 Å². The van der Waals surface area contributed by atoms with Gasteiger partial charge in [-0.1, -0.05) is 18.2 Å². The molecule has 0 aliphatic carbocycles. The van der Waals surface area contributed by atoms with Crippen LogP contribution in [0.25, 0.3) is 5.69 Å². The first-order valence-electron chi connectivity index (χ1n) is 11.3. The standard InChI is InChI=1S/C27H25N5O2S/c1-17-13-22(18(2)32(17)21-9-5-8-20(14-21)26(33)34)25-24(23-10-3-4-12-29-23)30-27(35)31(25)16-19-7-6-11-28-15-19/h3-15,24-25H,16H2,1-2H3,(H,30,35)(H,33,34)/t24-,25-/m0/s1. The van der Waals surface area contributed by atoms with Crippen molar-refractivity contribution in [2.75, 3.05) is 0 Å². The number of pyridine rings is 2. The van der Waals surface area contributed by atoms with Crippen molar-refractivity contribution in [3.05, 3.63) is 113 Å². The van der Waals surface area contributed by atoms with Gasteiger partial charge in [-0.3, -0.25) is 9.97 Å². The minimum Gasteiger partial charge on any atom is -0.478 e.